The minimum Gasteiger partial charge on any atom is -0.335 e. The van der Waals surface area contributed by atoms with Crippen molar-refractivity contribution in [2.24, 2.45) is 0 Å². The first-order valence-electron chi connectivity index (χ1n) is 12.0. The van der Waals surface area contributed by atoms with Gasteiger partial charge in [-0.05, 0) is 69.3 Å². The molecule has 1 saturated heterocycles. The number of nitrogens with zero attached hydrogens (tertiary/aromatic N) is 2. The molecule has 1 atom stereocenters. The Labute approximate surface area is 185 Å². The zero-order chi connectivity index (χ0) is 21.8. The number of pyridine rings is 1. The Morgan fingerprint density at radius 1 is 1.16 bits per heavy atom. The summed E-state index contributed by atoms with van der Waals surface area (Å²) >= 11 is 0. The summed E-state index contributed by atoms with van der Waals surface area (Å²) < 4.78 is 0. The van der Waals surface area contributed by atoms with Gasteiger partial charge < -0.3 is 15.2 Å². The topological polar surface area (TPSA) is 68.4 Å². The summed E-state index contributed by atoms with van der Waals surface area (Å²) in [5.41, 5.74) is 2.54. The first-order valence-corrected chi connectivity index (χ1v) is 12.0. The molecule has 0 radical (unpaired) electrons. The van der Waals surface area contributed by atoms with Gasteiger partial charge in [-0.3, -0.25) is 9.69 Å². The highest BCUT2D eigenvalue weighted by Gasteiger charge is 2.28. The van der Waals surface area contributed by atoms with Gasteiger partial charge in [-0.2, -0.15) is 0 Å². The molecule has 1 aliphatic carbocycles. The van der Waals surface area contributed by atoms with Gasteiger partial charge in [0, 0.05) is 29.7 Å². The van der Waals surface area contributed by atoms with Gasteiger partial charge in [0.1, 0.15) is 0 Å². The molecule has 6 nitrogen and oxygen atoms in total. The maximum absolute atomic E-state index is 13.3. The van der Waals surface area contributed by atoms with Crippen LogP contribution >= 0.6 is 0 Å². The zero-order valence-corrected chi connectivity index (χ0v) is 19.0. The Balaban J connectivity index is 1.57. The maximum atomic E-state index is 13.3. The summed E-state index contributed by atoms with van der Waals surface area (Å²) in [6, 6.07) is 8.57. The first kappa shape index (κ1) is 21.9. The molecule has 1 aromatic carbocycles. The van der Waals surface area contributed by atoms with Crippen molar-refractivity contribution in [3.63, 3.8) is 0 Å². The standard InChI is InChI=1S/C25H36N4O2/c1-3-28-13-7-10-22(28)17-29(25(31)26-21-8-5-4-6-9-21)16-20-15-19-14-18(2)11-12-23(19)27-24(20)30/h11-12,14-15,21-22H,3-10,13,16-17H2,1-2H3,(H,26,31)(H,27,30). The molecule has 0 spiro atoms. The number of urea groups is 1. The van der Waals surface area contributed by atoms with Gasteiger partial charge in [0.05, 0.1) is 6.54 Å². The Bertz CT molecular complexity index is 964. The Hall–Kier alpha value is -2.34. The lowest BCUT2D eigenvalue weighted by molar-refractivity contribution is 0.159. The van der Waals surface area contributed by atoms with Crippen molar-refractivity contribution < 1.29 is 4.79 Å². The Morgan fingerprint density at radius 3 is 2.74 bits per heavy atom. The van der Waals surface area contributed by atoms with E-state index in [0.29, 0.717) is 24.7 Å². The van der Waals surface area contributed by atoms with E-state index in [1.165, 1.54) is 25.7 Å². The SMILES string of the molecule is CCN1CCCC1CN(Cc1cc2cc(C)ccc2[nH]c1=O)C(=O)NC1CCCCC1. The quantitative estimate of drug-likeness (QED) is 0.731. The molecule has 168 valence electrons. The van der Waals surface area contributed by atoms with Crippen LogP contribution in [0.15, 0.2) is 29.1 Å². The molecule has 2 aliphatic rings. The molecule has 6 heteroatoms. The third-order valence-corrected chi connectivity index (χ3v) is 6.99. The molecule has 1 aliphatic heterocycles. The molecular formula is C25H36N4O2. The molecular weight excluding hydrogens is 388 g/mol. The van der Waals surface area contributed by atoms with Crippen LogP contribution in [0.4, 0.5) is 4.79 Å². The second kappa shape index (κ2) is 9.86. The van der Waals surface area contributed by atoms with Gasteiger partial charge in [0.25, 0.3) is 5.56 Å². The zero-order valence-electron chi connectivity index (χ0n) is 19.0. The molecule has 1 unspecified atom stereocenters. The molecule has 2 N–H and O–H groups in total. The molecule has 2 aromatic rings. The second-order valence-electron chi connectivity index (χ2n) is 9.30. The predicted octanol–water partition coefficient (Wildman–Crippen LogP) is 4.17. The number of likely N-dealkylation sites (N-methyl/N-ethyl adjacent to an activating group) is 1. The number of hydrogen-bond acceptors (Lipinski definition) is 3. The number of benzene rings is 1. The monoisotopic (exact) mass is 424 g/mol. The summed E-state index contributed by atoms with van der Waals surface area (Å²) in [4.78, 5) is 33.4. The first-order chi connectivity index (χ1) is 15.0. The number of H-pyrrole nitrogens is 1. The van der Waals surface area contributed by atoms with Crippen LogP contribution in [-0.2, 0) is 6.54 Å². The van der Waals surface area contributed by atoms with Gasteiger partial charge in [-0.1, -0.05) is 37.8 Å². The number of rotatable bonds is 6. The number of amides is 2. The van der Waals surface area contributed by atoms with Gasteiger partial charge in [0.2, 0.25) is 0 Å². The van der Waals surface area contributed by atoms with E-state index in [0.717, 1.165) is 48.8 Å². The van der Waals surface area contributed by atoms with E-state index in [1.807, 2.05) is 30.0 Å². The Morgan fingerprint density at radius 2 is 1.97 bits per heavy atom. The van der Waals surface area contributed by atoms with Crippen molar-refractivity contribution >= 4 is 16.9 Å². The van der Waals surface area contributed by atoms with Crippen LogP contribution in [0.3, 0.4) is 0 Å². The lowest BCUT2D eigenvalue weighted by Crippen LogP contribution is -2.50. The fourth-order valence-electron chi connectivity index (χ4n) is 5.20. The van der Waals surface area contributed by atoms with Crippen LogP contribution in [0.1, 0.15) is 63.0 Å². The minimum atomic E-state index is -0.106. The summed E-state index contributed by atoms with van der Waals surface area (Å²) in [5.74, 6) is 0. The molecule has 0 bridgehead atoms. The van der Waals surface area contributed by atoms with E-state index in [1.54, 1.807) is 0 Å². The average Bonchev–Trinajstić information content (AvgIpc) is 3.22. The van der Waals surface area contributed by atoms with Crippen LogP contribution in [0.25, 0.3) is 10.9 Å². The number of nitrogens with one attached hydrogen (secondary N) is 2. The molecule has 2 amide bonds. The fourth-order valence-corrected chi connectivity index (χ4v) is 5.20. The fraction of sp³-hybridized carbons (Fsp3) is 0.600. The smallest absolute Gasteiger partial charge is 0.317 e. The van der Waals surface area contributed by atoms with E-state index in [-0.39, 0.29) is 17.6 Å². The number of hydrogen-bond donors (Lipinski definition) is 2. The lowest BCUT2D eigenvalue weighted by Gasteiger charge is -2.32. The number of carbonyl (C=O) groups excluding carboxylic acids is 1. The largest absolute Gasteiger partial charge is 0.335 e. The average molecular weight is 425 g/mol. The number of carbonyl (C=O) groups is 1. The third kappa shape index (κ3) is 5.29. The highest BCUT2D eigenvalue weighted by molar-refractivity contribution is 5.80. The van der Waals surface area contributed by atoms with Crippen LogP contribution in [0.5, 0.6) is 0 Å². The summed E-state index contributed by atoms with van der Waals surface area (Å²) in [6.07, 6.45) is 8.01. The predicted molar refractivity (Wildman–Crippen MR) is 125 cm³/mol. The van der Waals surface area contributed by atoms with Gasteiger partial charge in [-0.25, -0.2) is 4.79 Å². The molecule has 2 heterocycles. The summed E-state index contributed by atoms with van der Waals surface area (Å²) in [5, 5.41) is 4.28. The van der Waals surface area contributed by atoms with Crippen LogP contribution in [0.2, 0.25) is 0 Å². The highest BCUT2D eigenvalue weighted by atomic mass is 16.2. The molecule has 4 rings (SSSR count). The van der Waals surface area contributed by atoms with E-state index in [9.17, 15) is 9.59 Å². The van der Waals surface area contributed by atoms with E-state index >= 15 is 0 Å². The highest BCUT2D eigenvalue weighted by Crippen LogP contribution is 2.21. The van der Waals surface area contributed by atoms with E-state index < -0.39 is 0 Å². The van der Waals surface area contributed by atoms with Crippen molar-refractivity contribution in [2.75, 3.05) is 19.6 Å². The van der Waals surface area contributed by atoms with Crippen molar-refractivity contribution in [1.82, 2.24) is 20.1 Å². The van der Waals surface area contributed by atoms with Crippen LogP contribution in [-0.4, -0.2) is 52.5 Å². The molecule has 31 heavy (non-hydrogen) atoms. The maximum Gasteiger partial charge on any atom is 0.317 e. The lowest BCUT2D eigenvalue weighted by atomic mass is 9.96. The number of likely N-dealkylation sites (tertiary alicyclic amines) is 1. The number of aromatic amines is 1. The van der Waals surface area contributed by atoms with Gasteiger partial charge >= 0.3 is 6.03 Å². The Kier molecular flexibility index (Phi) is 6.96. The molecule has 2 fully saturated rings. The van der Waals surface area contributed by atoms with E-state index in [2.05, 4.69) is 28.2 Å². The number of fused-ring (bicyclic) bond motifs is 1. The van der Waals surface area contributed by atoms with Crippen LogP contribution in [0, 0.1) is 6.92 Å². The number of aryl methyl sites for hydroxylation is 1. The molecule has 1 saturated carbocycles. The summed E-state index contributed by atoms with van der Waals surface area (Å²) in [7, 11) is 0. The van der Waals surface area contributed by atoms with Crippen LogP contribution < -0.4 is 10.9 Å². The van der Waals surface area contributed by atoms with Gasteiger partial charge in [-0.15, -0.1) is 0 Å². The number of aromatic nitrogens is 1. The normalized spacial score (nSPS) is 20.3. The van der Waals surface area contributed by atoms with Crippen molar-refractivity contribution in [1.29, 1.82) is 0 Å². The van der Waals surface area contributed by atoms with Crippen molar-refractivity contribution in [2.45, 2.75) is 77.4 Å². The van der Waals surface area contributed by atoms with Gasteiger partial charge in [0.15, 0.2) is 0 Å². The third-order valence-electron chi connectivity index (χ3n) is 6.99. The molecule has 1 aromatic heterocycles. The van der Waals surface area contributed by atoms with Crippen molar-refractivity contribution in [3.05, 3.63) is 45.7 Å². The van der Waals surface area contributed by atoms with Crippen molar-refractivity contribution in [3.8, 4) is 0 Å². The minimum absolute atomic E-state index is 0.0291. The van der Waals surface area contributed by atoms with E-state index in [4.69, 9.17) is 0 Å². The second-order valence-corrected chi connectivity index (χ2v) is 9.30. The summed E-state index contributed by atoms with van der Waals surface area (Å²) in [6.45, 7) is 7.33.